The van der Waals surface area contributed by atoms with Crippen molar-refractivity contribution in [2.75, 3.05) is 40.0 Å². The molecule has 0 unspecified atom stereocenters. The molecule has 0 radical (unpaired) electrons. The normalized spacial score (nSPS) is 14.8. The minimum Gasteiger partial charge on any atom is -0.491 e. The van der Waals surface area contributed by atoms with Gasteiger partial charge in [0.25, 0.3) is 0 Å². The third kappa shape index (κ3) is 7.23. The molecule has 0 spiro atoms. The number of carbonyl (C=O) groups excluding carboxylic acids is 2. The number of carbonyl (C=O) groups is 2. The van der Waals surface area contributed by atoms with Gasteiger partial charge in [0.05, 0.1) is 19.0 Å². The van der Waals surface area contributed by atoms with E-state index in [-0.39, 0.29) is 30.8 Å². The van der Waals surface area contributed by atoms with Crippen LogP contribution >= 0.6 is 11.3 Å². The van der Waals surface area contributed by atoms with Crippen molar-refractivity contribution in [3.8, 4) is 5.75 Å². The first-order valence-corrected chi connectivity index (χ1v) is 14.2. The fraction of sp³-hybridized carbons (Fsp3) is 0.419. The van der Waals surface area contributed by atoms with Crippen LogP contribution in [0.4, 0.5) is 0 Å². The molecule has 2 heterocycles. The fourth-order valence-electron chi connectivity index (χ4n) is 4.83. The number of fused-ring (bicyclic) bond motifs is 1. The van der Waals surface area contributed by atoms with Crippen LogP contribution in [0.5, 0.6) is 5.75 Å². The predicted octanol–water partition coefficient (Wildman–Crippen LogP) is 5.48. The van der Waals surface area contributed by atoms with E-state index in [9.17, 15) is 9.59 Å². The Morgan fingerprint density at radius 1 is 1.08 bits per heavy atom. The number of amides is 2. The second-order valence-electron chi connectivity index (χ2n) is 10.0. The fourth-order valence-corrected chi connectivity index (χ4v) is 5.75. The Morgan fingerprint density at radius 3 is 2.55 bits per heavy atom. The number of nitrogens with zero attached hydrogens (tertiary/aromatic N) is 2. The van der Waals surface area contributed by atoms with Gasteiger partial charge in [0.1, 0.15) is 12.4 Å². The van der Waals surface area contributed by atoms with Crippen molar-refractivity contribution in [1.82, 2.24) is 9.80 Å². The molecule has 0 bridgehead atoms. The molecule has 0 N–H and O–H groups in total. The maximum Gasteiger partial charge on any atom is 0.242 e. The average molecular weight is 535 g/mol. The van der Waals surface area contributed by atoms with Crippen LogP contribution in [0.1, 0.15) is 53.8 Å². The minimum absolute atomic E-state index is 0.0491. The van der Waals surface area contributed by atoms with E-state index in [1.807, 2.05) is 47.4 Å². The molecule has 6 nitrogen and oxygen atoms in total. The number of benzene rings is 2. The van der Waals surface area contributed by atoms with Crippen LogP contribution in [0.15, 0.2) is 66.0 Å². The maximum absolute atomic E-state index is 13.7. The number of thiophene rings is 1. The summed E-state index contributed by atoms with van der Waals surface area (Å²) in [5.74, 6) is 1.15. The summed E-state index contributed by atoms with van der Waals surface area (Å²) in [6.45, 7) is 6.40. The summed E-state index contributed by atoms with van der Waals surface area (Å²) >= 11 is 1.73. The van der Waals surface area contributed by atoms with E-state index < -0.39 is 0 Å². The van der Waals surface area contributed by atoms with E-state index in [1.54, 1.807) is 23.3 Å². The lowest BCUT2D eigenvalue weighted by molar-refractivity contribution is -0.142. The van der Waals surface area contributed by atoms with Crippen LogP contribution in [0.2, 0.25) is 0 Å². The zero-order chi connectivity index (χ0) is 26.9. The van der Waals surface area contributed by atoms with Gasteiger partial charge in [-0.3, -0.25) is 9.59 Å². The highest BCUT2D eigenvalue weighted by Gasteiger charge is 2.33. The van der Waals surface area contributed by atoms with Gasteiger partial charge in [-0.1, -0.05) is 56.3 Å². The van der Waals surface area contributed by atoms with Gasteiger partial charge >= 0.3 is 0 Å². The molecule has 0 aliphatic carbocycles. The topological polar surface area (TPSA) is 59.1 Å². The highest BCUT2D eigenvalue weighted by molar-refractivity contribution is 7.10. The van der Waals surface area contributed by atoms with Gasteiger partial charge in [-0.05, 0) is 59.0 Å². The second-order valence-corrected chi connectivity index (χ2v) is 11.0. The van der Waals surface area contributed by atoms with Crippen LogP contribution in [0.3, 0.4) is 0 Å². The molecular formula is C31H38N2O4S. The summed E-state index contributed by atoms with van der Waals surface area (Å²) in [5.41, 5.74) is 3.35. The Balaban J connectivity index is 1.47. The van der Waals surface area contributed by atoms with E-state index in [0.29, 0.717) is 38.6 Å². The van der Waals surface area contributed by atoms with Crippen molar-refractivity contribution in [3.05, 3.63) is 87.6 Å². The van der Waals surface area contributed by atoms with Crippen molar-refractivity contribution in [2.24, 2.45) is 0 Å². The van der Waals surface area contributed by atoms with Crippen molar-refractivity contribution in [3.63, 3.8) is 0 Å². The van der Waals surface area contributed by atoms with Crippen LogP contribution in [0, 0.1) is 0 Å². The molecule has 1 aromatic heterocycles. The Labute approximate surface area is 230 Å². The van der Waals surface area contributed by atoms with E-state index in [4.69, 9.17) is 9.47 Å². The van der Waals surface area contributed by atoms with Crippen molar-refractivity contribution < 1.29 is 19.1 Å². The Morgan fingerprint density at radius 2 is 1.84 bits per heavy atom. The molecule has 38 heavy (non-hydrogen) atoms. The molecule has 0 fully saturated rings. The van der Waals surface area contributed by atoms with E-state index in [1.165, 1.54) is 10.4 Å². The SMILES string of the molecule is COCCCN(CC(=O)N1CCc2sccc2[C@H]1COc1ccc(C(C)C)cc1)C(=O)Cc1ccccc1. The van der Waals surface area contributed by atoms with Gasteiger partial charge in [-0.25, -0.2) is 0 Å². The van der Waals surface area contributed by atoms with E-state index in [2.05, 4.69) is 37.4 Å². The molecular weight excluding hydrogens is 496 g/mol. The number of rotatable bonds is 12. The second kappa shape index (κ2) is 13.6. The van der Waals surface area contributed by atoms with Crippen LogP contribution in [-0.4, -0.2) is 61.6 Å². The number of methoxy groups -OCH3 is 1. The van der Waals surface area contributed by atoms with E-state index in [0.717, 1.165) is 23.3 Å². The van der Waals surface area contributed by atoms with Gasteiger partial charge < -0.3 is 19.3 Å². The molecule has 3 aromatic rings. The van der Waals surface area contributed by atoms with Gasteiger partial charge in [0.2, 0.25) is 11.8 Å². The molecule has 0 saturated heterocycles. The highest BCUT2D eigenvalue weighted by Crippen LogP contribution is 2.34. The van der Waals surface area contributed by atoms with Gasteiger partial charge in [0, 0.05) is 31.7 Å². The first-order valence-electron chi connectivity index (χ1n) is 13.4. The summed E-state index contributed by atoms with van der Waals surface area (Å²) in [6.07, 6.45) is 1.77. The zero-order valence-electron chi connectivity index (χ0n) is 22.6. The number of ether oxygens (including phenoxy) is 2. The summed E-state index contributed by atoms with van der Waals surface area (Å²) < 4.78 is 11.4. The van der Waals surface area contributed by atoms with E-state index >= 15 is 0 Å². The third-order valence-electron chi connectivity index (χ3n) is 7.02. The quantitative estimate of drug-likeness (QED) is 0.289. The molecule has 7 heteroatoms. The molecule has 4 rings (SSSR count). The molecule has 1 aliphatic rings. The van der Waals surface area contributed by atoms with Crippen molar-refractivity contribution in [1.29, 1.82) is 0 Å². The molecule has 1 aliphatic heterocycles. The minimum atomic E-state index is -0.188. The van der Waals surface area contributed by atoms with Crippen molar-refractivity contribution >= 4 is 23.2 Å². The summed E-state index contributed by atoms with van der Waals surface area (Å²) in [6, 6.07) is 19.8. The maximum atomic E-state index is 13.7. The molecule has 1 atom stereocenters. The highest BCUT2D eigenvalue weighted by atomic mass is 32.1. The number of hydrogen-bond donors (Lipinski definition) is 0. The first-order chi connectivity index (χ1) is 18.5. The van der Waals surface area contributed by atoms with Crippen molar-refractivity contribution in [2.45, 2.75) is 45.1 Å². The number of hydrogen-bond acceptors (Lipinski definition) is 5. The standard InChI is InChI=1S/C31H38N2O4S/c1-23(2)25-10-12-26(13-11-25)37-22-28-27-15-19-38-29(27)14-17-33(28)31(35)21-32(16-7-18-36-3)30(34)20-24-8-5-4-6-9-24/h4-6,8-13,15,19,23,28H,7,14,16-18,20-22H2,1-3H3/t28-/m1/s1. The smallest absolute Gasteiger partial charge is 0.242 e. The lowest BCUT2D eigenvalue weighted by atomic mass is 10.00. The molecule has 202 valence electrons. The van der Waals surface area contributed by atoms with Gasteiger partial charge in [-0.2, -0.15) is 0 Å². The average Bonchev–Trinajstić information content (AvgIpc) is 3.41. The first kappa shape index (κ1) is 27.9. The molecule has 2 amide bonds. The summed E-state index contributed by atoms with van der Waals surface area (Å²) in [4.78, 5) is 31.8. The predicted molar refractivity (Wildman–Crippen MR) is 152 cm³/mol. The Kier molecular flexibility index (Phi) is 9.96. The third-order valence-corrected chi connectivity index (χ3v) is 8.02. The summed E-state index contributed by atoms with van der Waals surface area (Å²) in [7, 11) is 1.65. The monoisotopic (exact) mass is 534 g/mol. The lowest BCUT2D eigenvalue weighted by Crippen LogP contribution is -2.48. The zero-order valence-corrected chi connectivity index (χ0v) is 23.4. The lowest BCUT2D eigenvalue weighted by Gasteiger charge is -2.37. The molecule has 2 aromatic carbocycles. The van der Waals surface area contributed by atoms with Gasteiger partial charge in [-0.15, -0.1) is 11.3 Å². The molecule has 0 saturated carbocycles. The van der Waals surface area contributed by atoms with Crippen LogP contribution in [-0.2, 0) is 27.2 Å². The largest absolute Gasteiger partial charge is 0.491 e. The van der Waals surface area contributed by atoms with Gasteiger partial charge in [0.15, 0.2) is 0 Å². The Hall–Kier alpha value is -3.16. The summed E-state index contributed by atoms with van der Waals surface area (Å²) in [5, 5.41) is 2.09. The van der Waals surface area contributed by atoms with Crippen LogP contribution < -0.4 is 4.74 Å². The Bertz CT molecular complexity index is 1180. The van der Waals surface area contributed by atoms with Crippen LogP contribution in [0.25, 0.3) is 0 Å².